The Kier molecular flexibility index (Phi) is 3.05. The second-order valence-electron chi connectivity index (χ2n) is 2.97. The van der Waals surface area contributed by atoms with Crippen molar-refractivity contribution in [3.63, 3.8) is 0 Å². The fraction of sp³-hybridized carbons (Fsp3) is 0.429. The van der Waals surface area contributed by atoms with E-state index >= 15 is 0 Å². The Morgan fingerprint density at radius 3 is 2.73 bits per heavy atom. The van der Waals surface area contributed by atoms with Crippen molar-refractivity contribution >= 4 is 10.1 Å². The number of nitrogens with zero attached hydrogens (tertiary/aromatic N) is 1. The van der Waals surface area contributed by atoms with Crippen LogP contribution in [0.15, 0.2) is 29.0 Å². The Bertz CT molecular complexity index is 428. The number of rotatable bonds is 3. The lowest BCUT2D eigenvalue weighted by molar-refractivity contribution is 0.0808. The monoisotopic (exact) mass is 233 g/mol. The van der Waals surface area contributed by atoms with E-state index in [9.17, 15) is 8.42 Å². The number of ether oxygens (including phenoxy) is 1. The highest BCUT2D eigenvalue weighted by molar-refractivity contribution is 7.87. The highest BCUT2D eigenvalue weighted by atomic mass is 32.2. The fourth-order valence-corrected chi connectivity index (χ4v) is 2.21. The first-order valence-electron chi connectivity index (χ1n) is 3.93. The normalized spacial score (nSPS) is 31.1. The summed E-state index contributed by atoms with van der Waals surface area (Å²) in [5.41, 5.74) is 12.3. The molecule has 0 radical (unpaired) electrons. The third kappa shape index (κ3) is 1.84. The highest BCUT2D eigenvalue weighted by Gasteiger charge is 2.48. The molecule has 1 aliphatic carbocycles. The van der Waals surface area contributed by atoms with Crippen LogP contribution >= 0.6 is 0 Å². The van der Waals surface area contributed by atoms with Crippen LogP contribution in [-0.4, -0.2) is 31.1 Å². The van der Waals surface area contributed by atoms with E-state index in [4.69, 9.17) is 20.6 Å². The molecule has 0 amide bonds. The third-order valence-corrected chi connectivity index (χ3v) is 3.50. The second-order valence-corrected chi connectivity index (χ2v) is 4.55. The van der Waals surface area contributed by atoms with Gasteiger partial charge in [0.1, 0.15) is 0 Å². The smallest absolute Gasteiger partial charge is 0.301 e. The van der Waals surface area contributed by atoms with E-state index in [0.717, 1.165) is 13.2 Å². The number of nitrogens with two attached hydrogens (primary N) is 1. The molecule has 0 fully saturated rings. The Hall–Kier alpha value is -1.09. The molecule has 0 aliphatic heterocycles. The van der Waals surface area contributed by atoms with Crippen LogP contribution in [0.3, 0.4) is 0 Å². The summed E-state index contributed by atoms with van der Waals surface area (Å²) in [6, 6.07) is -1.05. The highest BCUT2D eigenvalue weighted by Crippen LogP contribution is 2.29. The van der Waals surface area contributed by atoms with Gasteiger partial charge in [-0.1, -0.05) is 6.08 Å². The van der Waals surface area contributed by atoms with Crippen LogP contribution in [0.1, 0.15) is 0 Å². The summed E-state index contributed by atoms with van der Waals surface area (Å²) < 4.78 is 36.2. The van der Waals surface area contributed by atoms with Gasteiger partial charge in [0, 0.05) is 7.11 Å². The molecule has 0 saturated heterocycles. The summed E-state index contributed by atoms with van der Waals surface area (Å²) in [6.45, 7) is 0. The quantitative estimate of drug-likeness (QED) is 0.468. The average molecular weight is 233 g/mol. The zero-order valence-corrected chi connectivity index (χ0v) is 8.73. The van der Waals surface area contributed by atoms with Gasteiger partial charge in [0.05, 0.1) is 11.7 Å². The number of hydrogen-bond acceptors (Lipinski definition) is 6. The van der Waals surface area contributed by atoms with Crippen LogP contribution in [0.5, 0.6) is 0 Å². The van der Waals surface area contributed by atoms with Gasteiger partial charge in [0.25, 0.3) is 0 Å². The van der Waals surface area contributed by atoms with Gasteiger partial charge >= 0.3 is 10.1 Å². The Morgan fingerprint density at radius 2 is 2.33 bits per heavy atom. The minimum absolute atomic E-state index is 0.0520. The predicted molar refractivity (Wildman–Crippen MR) is 51.6 cm³/mol. The number of hydrogen-bond donors (Lipinski definition) is 3. The molecule has 0 heterocycles. The molecule has 7 nitrogen and oxygen atoms in total. The first kappa shape index (κ1) is 12.0. The van der Waals surface area contributed by atoms with Crippen molar-refractivity contribution in [3.05, 3.63) is 23.9 Å². The standard InChI is InChI=1S/C7H11N3O4S/c1-14-7(15(11,12)13)4-5(10-9)2-3-6(7)8/h2-4,6,9H,8H2,1H3,(H,11,12,13)/t6-,7-/m0/s1. The average Bonchev–Trinajstić information content (AvgIpc) is 2.17. The summed E-state index contributed by atoms with van der Waals surface area (Å²) in [4.78, 5) is -2.07. The van der Waals surface area contributed by atoms with Crippen molar-refractivity contribution < 1.29 is 17.7 Å². The van der Waals surface area contributed by atoms with E-state index in [-0.39, 0.29) is 5.70 Å². The Labute approximate surface area is 86.9 Å². The Morgan fingerprint density at radius 1 is 1.73 bits per heavy atom. The van der Waals surface area contributed by atoms with E-state index in [2.05, 4.69) is 5.11 Å². The van der Waals surface area contributed by atoms with Gasteiger partial charge in [-0.25, -0.2) is 5.53 Å². The molecule has 0 aromatic heterocycles. The lowest BCUT2D eigenvalue weighted by Gasteiger charge is -2.32. The molecular formula is C7H11N3O4S. The van der Waals surface area contributed by atoms with Gasteiger partial charge in [-0.05, 0) is 12.2 Å². The lowest BCUT2D eigenvalue weighted by atomic mass is 10.0. The van der Waals surface area contributed by atoms with E-state index in [1.165, 1.54) is 12.2 Å². The number of allylic oxidation sites excluding steroid dienone is 1. The number of methoxy groups -OCH3 is 1. The topological polar surface area (TPSA) is 126 Å². The number of nitrogens with one attached hydrogen (secondary N) is 1. The zero-order valence-electron chi connectivity index (χ0n) is 7.91. The fourth-order valence-electron chi connectivity index (χ4n) is 1.30. The summed E-state index contributed by atoms with van der Waals surface area (Å²) in [5, 5.41) is 3.05. The van der Waals surface area contributed by atoms with Crippen molar-refractivity contribution in [2.45, 2.75) is 11.0 Å². The third-order valence-electron chi connectivity index (χ3n) is 2.14. The van der Waals surface area contributed by atoms with Crippen molar-refractivity contribution in [2.75, 3.05) is 7.11 Å². The summed E-state index contributed by atoms with van der Waals surface area (Å²) in [5.74, 6) is 0. The molecule has 0 unspecified atom stereocenters. The summed E-state index contributed by atoms with van der Waals surface area (Å²) >= 11 is 0. The van der Waals surface area contributed by atoms with Crippen LogP contribution in [0.2, 0.25) is 0 Å². The van der Waals surface area contributed by atoms with E-state index in [0.29, 0.717) is 0 Å². The van der Waals surface area contributed by atoms with Crippen LogP contribution < -0.4 is 5.73 Å². The molecule has 0 spiro atoms. The minimum atomic E-state index is -4.55. The zero-order chi connectivity index (χ0) is 11.7. The van der Waals surface area contributed by atoms with Gasteiger partial charge in [-0.2, -0.15) is 13.5 Å². The first-order chi connectivity index (χ1) is 6.87. The van der Waals surface area contributed by atoms with Gasteiger partial charge in [0.15, 0.2) is 0 Å². The summed E-state index contributed by atoms with van der Waals surface area (Å²) in [7, 11) is -3.45. The van der Waals surface area contributed by atoms with Crippen molar-refractivity contribution in [2.24, 2.45) is 10.8 Å². The molecule has 0 saturated carbocycles. The maximum absolute atomic E-state index is 11.2. The summed E-state index contributed by atoms with van der Waals surface area (Å²) in [6.07, 6.45) is 3.67. The van der Waals surface area contributed by atoms with Crippen molar-refractivity contribution in [1.82, 2.24) is 0 Å². The molecule has 1 rings (SSSR count). The molecule has 84 valence electrons. The van der Waals surface area contributed by atoms with Gasteiger partial charge in [-0.3, -0.25) is 4.55 Å². The van der Waals surface area contributed by atoms with Crippen molar-refractivity contribution in [3.8, 4) is 0 Å². The molecule has 4 N–H and O–H groups in total. The van der Waals surface area contributed by atoms with Gasteiger partial charge in [-0.15, -0.1) is 0 Å². The first-order valence-corrected chi connectivity index (χ1v) is 5.37. The SMILES string of the molecule is CO[C@]1(S(=O)(=O)O)C=C(N=N)C=C[C@@H]1N. The maximum Gasteiger partial charge on any atom is 0.301 e. The molecular weight excluding hydrogens is 222 g/mol. The molecule has 0 bridgehead atoms. The van der Waals surface area contributed by atoms with Crippen LogP contribution in [0.4, 0.5) is 0 Å². The van der Waals surface area contributed by atoms with Gasteiger partial charge < -0.3 is 10.5 Å². The van der Waals surface area contributed by atoms with Crippen LogP contribution in [0.25, 0.3) is 0 Å². The molecule has 1 aliphatic rings. The van der Waals surface area contributed by atoms with Crippen LogP contribution in [0, 0.1) is 5.53 Å². The van der Waals surface area contributed by atoms with Crippen LogP contribution in [-0.2, 0) is 14.9 Å². The molecule has 8 heteroatoms. The molecule has 15 heavy (non-hydrogen) atoms. The van der Waals surface area contributed by atoms with E-state index in [1.54, 1.807) is 0 Å². The van der Waals surface area contributed by atoms with E-state index in [1.807, 2.05) is 0 Å². The maximum atomic E-state index is 11.2. The Balaban J connectivity index is 3.37. The van der Waals surface area contributed by atoms with Crippen molar-refractivity contribution in [1.29, 1.82) is 5.53 Å². The molecule has 0 aromatic carbocycles. The predicted octanol–water partition coefficient (Wildman–Crippen LogP) is 0.0289. The molecule has 2 atom stereocenters. The van der Waals surface area contributed by atoms with Gasteiger partial charge in [0.2, 0.25) is 4.93 Å². The molecule has 0 aromatic rings. The van der Waals surface area contributed by atoms with E-state index < -0.39 is 21.1 Å². The largest absolute Gasteiger partial charge is 0.355 e. The minimum Gasteiger partial charge on any atom is -0.355 e. The lowest BCUT2D eigenvalue weighted by Crippen LogP contribution is -2.53. The second kappa shape index (κ2) is 3.81.